The van der Waals surface area contributed by atoms with Gasteiger partial charge in [0, 0.05) is 11.1 Å². The fourth-order valence-corrected chi connectivity index (χ4v) is 3.04. The minimum Gasteiger partial charge on any atom is -0.321 e. The molecule has 18 heavy (non-hydrogen) atoms. The highest BCUT2D eigenvalue weighted by Gasteiger charge is 2.37. The van der Waals surface area contributed by atoms with Gasteiger partial charge >= 0.3 is 0 Å². The Kier molecular flexibility index (Phi) is 3.71. The molecule has 1 saturated carbocycles. The Bertz CT molecular complexity index is 431. The minimum atomic E-state index is -0.709. The summed E-state index contributed by atoms with van der Waals surface area (Å²) in [4.78, 5) is 0. The van der Waals surface area contributed by atoms with Crippen molar-refractivity contribution in [1.82, 2.24) is 0 Å². The summed E-state index contributed by atoms with van der Waals surface area (Å²) in [6.45, 7) is 4.33. The summed E-state index contributed by atoms with van der Waals surface area (Å²) >= 11 is 0. The van der Waals surface area contributed by atoms with E-state index in [1.807, 2.05) is 0 Å². The van der Waals surface area contributed by atoms with Crippen molar-refractivity contribution < 1.29 is 8.78 Å². The van der Waals surface area contributed by atoms with Crippen molar-refractivity contribution >= 4 is 0 Å². The Morgan fingerprint density at radius 3 is 2.72 bits per heavy atom. The van der Waals surface area contributed by atoms with E-state index in [2.05, 4.69) is 13.8 Å². The van der Waals surface area contributed by atoms with Crippen LogP contribution in [0.2, 0.25) is 0 Å². The predicted molar refractivity (Wildman–Crippen MR) is 69.0 cm³/mol. The van der Waals surface area contributed by atoms with Gasteiger partial charge in [0.05, 0.1) is 0 Å². The van der Waals surface area contributed by atoms with Gasteiger partial charge in [-0.3, -0.25) is 0 Å². The zero-order valence-electron chi connectivity index (χ0n) is 11.0. The van der Waals surface area contributed by atoms with Crippen molar-refractivity contribution in [1.29, 1.82) is 0 Å². The van der Waals surface area contributed by atoms with Crippen molar-refractivity contribution in [2.45, 2.75) is 45.1 Å². The number of halogens is 2. The highest BCUT2D eigenvalue weighted by atomic mass is 19.1. The zero-order chi connectivity index (χ0) is 13.3. The number of hydrogen-bond acceptors (Lipinski definition) is 1. The highest BCUT2D eigenvalue weighted by molar-refractivity contribution is 5.27. The standard InChI is InChI=1S/C15H21F2N/c1-10(2)11-4-3-7-15(18,9-11)13-8-12(16)5-6-14(13)17/h5-6,8,10-11H,3-4,7,9,18H2,1-2H3. The van der Waals surface area contributed by atoms with Gasteiger partial charge in [-0.2, -0.15) is 0 Å². The second-order valence-electron chi connectivity index (χ2n) is 5.88. The van der Waals surface area contributed by atoms with Gasteiger partial charge in [0.2, 0.25) is 0 Å². The molecule has 2 atom stereocenters. The fourth-order valence-electron chi connectivity index (χ4n) is 3.04. The van der Waals surface area contributed by atoms with Crippen LogP contribution in [0, 0.1) is 23.5 Å². The van der Waals surface area contributed by atoms with Gasteiger partial charge in [0.25, 0.3) is 0 Å². The summed E-state index contributed by atoms with van der Waals surface area (Å²) in [7, 11) is 0. The van der Waals surface area contributed by atoms with Gasteiger partial charge in [-0.15, -0.1) is 0 Å². The molecule has 1 nitrogen and oxygen atoms in total. The molecule has 0 radical (unpaired) electrons. The molecular formula is C15H21F2N. The van der Waals surface area contributed by atoms with Crippen LogP contribution in [0.15, 0.2) is 18.2 Å². The molecule has 0 aliphatic heterocycles. The van der Waals surface area contributed by atoms with Crippen LogP contribution in [0.5, 0.6) is 0 Å². The van der Waals surface area contributed by atoms with E-state index in [0.717, 1.165) is 31.7 Å². The Hall–Kier alpha value is -0.960. The second kappa shape index (κ2) is 4.96. The summed E-state index contributed by atoms with van der Waals surface area (Å²) in [6.07, 6.45) is 3.59. The molecular weight excluding hydrogens is 232 g/mol. The average Bonchev–Trinajstić information content (AvgIpc) is 2.32. The Labute approximate surface area is 107 Å². The predicted octanol–water partition coefficient (Wildman–Crippen LogP) is 3.97. The lowest BCUT2D eigenvalue weighted by molar-refractivity contribution is 0.180. The average molecular weight is 253 g/mol. The third-order valence-corrected chi connectivity index (χ3v) is 4.23. The Morgan fingerprint density at radius 1 is 1.33 bits per heavy atom. The third-order valence-electron chi connectivity index (χ3n) is 4.23. The molecule has 0 spiro atoms. The highest BCUT2D eigenvalue weighted by Crippen LogP contribution is 2.41. The molecule has 3 heteroatoms. The van der Waals surface area contributed by atoms with Crippen LogP contribution in [0.4, 0.5) is 8.78 Å². The molecule has 100 valence electrons. The van der Waals surface area contributed by atoms with Crippen LogP contribution in [0.1, 0.15) is 45.1 Å². The molecule has 0 bridgehead atoms. The molecule has 0 heterocycles. The first kappa shape index (κ1) is 13.5. The van der Waals surface area contributed by atoms with Gasteiger partial charge < -0.3 is 5.73 Å². The van der Waals surface area contributed by atoms with Crippen molar-refractivity contribution in [2.75, 3.05) is 0 Å². The van der Waals surface area contributed by atoms with Crippen LogP contribution in [-0.2, 0) is 5.54 Å². The van der Waals surface area contributed by atoms with Crippen molar-refractivity contribution in [3.63, 3.8) is 0 Å². The van der Waals surface area contributed by atoms with Gasteiger partial charge in [0.15, 0.2) is 0 Å². The fraction of sp³-hybridized carbons (Fsp3) is 0.600. The Balaban J connectivity index is 2.32. The largest absolute Gasteiger partial charge is 0.321 e. The maximum absolute atomic E-state index is 13.9. The maximum atomic E-state index is 13.9. The van der Waals surface area contributed by atoms with Crippen LogP contribution in [-0.4, -0.2) is 0 Å². The van der Waals surface area contributed by atoms with E-state index in [4.69, 9.17) is 5.73 Å². The zero-order valence-corrected chi connectivity index (χ0v) is 11.0. The topological polar surface area (TPSA) is 26.0 Å². The lowest BCUT2D eigenvalue weighted by Crippen LogP contribution is -2.43. The summed E-state index contributed by atoms with van der Waals surface area (Å²) in [5.74, 6) is 0.225. The smallest absolute Gasteiger partial charge is 0.128 e. The van der Waals surface area contributed by atoms with E-state index in [1.54, 1.807) is 0 Å². The minimum absolute atomic E-state index is 0.341. The van der Waals surface area contributed by atoms with Gasteiger partial charge in [-0.25, -0.2) is 8.78 Å². The lowest BCUT2D eigenvalue weighted by atomic mass is 9.69. The normalized spacial score (nSPS) is 28.7. The van der Waals surface area contributed by atoms with E-state index in [0.29, 0.717) is 17.4 Å². The van der Waals surface area contributed by atoms with Crippen LogP contribution in [0.3, 0.4) is 0 Å². The molecule has 0 aromatic heterocycles. The third kappa shape index (κ3) is 2.56. The van der Waals surface area contributed by atoms with Crippen LogP contribution >= 0.6 is 0 Å². The summed E-state index contributed by atoms with van der Waals surface area (Å²) in [6, 6.07) is 3.58. The molecule has 0 saturated heterocycles. The first-order valence-electron chi connectivity index (χ1n) is 6.67. The van der Waals surface area contributed by atoms with E-state index in [9.17, 15) is 8.78 Å². The number of rotatable bonds is 2. The molecule has 1 aliphatic carbocycles. The first-order valence-corrected chi connectivity index (χ1v) is 6.67. The van der Waals surface area contributed by atoms with Gasteiger partial charge in [-0.1, -0.05) is 26.7 Å². The van der Waals surface area contributed by atoms with Crippen LogP contribution < -0.4 is 5.73 Å². The second-order valence-corrected chi connectivity index (χ2v) is 5.88. The van der Waals surface area contributed by atoms with Crippen molar-refractivity contribution in [3.05, 3.63) is 35.4 Å². The molecule has 0 amide bonds. The quantitative estimate of drug-likeness (QED) is 0.848. The van der Waals surface area contributed by atoms with Crippen molar-refractivity contribution in [3.8, 4) is 0 Å². The number of nitrogens with two attached hydrogens (primary N) is 1. The molecule has 1 aliphatic rings. The summed E-state index contributed by atoms with van der Waals surface area (Å²) < 4.78 is 27.2. The summed E-state index contributed by atoms with van der Waals surface area (Å²) in [5.41, 5.74) is 6.00. The van der Waals surface area contributed by atoms with Gasteiger partial charge in [0.1, 0.15) is 11.6 Å². The van der Waals surface area contributed by atoms with Gasteiger partial charge in [-0.05, 0) is 42.9 Å². The van der Waals surface area contributed by atoms with E-state index < -0.39 is 11.4 Å². The lowest BCUT2D eigenvalue weighted by Gasteiger charge is -2.40. The SMILES string of the molecule is CC(C)C1CCCC(N)(c2cc(F)ccc2F)C1. The van der Waals surface area contributed by atoms with Crippen molar-refractivity contribution in [2.24, 2.45) is 17.6 Å². The number of benzene rings is 1. The van der Waals surface area contributed by atoms with E-state index in [-0.39, 0.29) is 5.82 Å². The van der Waals surface area contributed by atoms with E-state index in [1.165, 1.54) is 12.1 Å². The number of hydrogen-bond donors (Lipinski definition) is 1. The Morgan fingerprint density at radius 2 is 2.06 bits per heavy atom. The summed E-state index contributed by atoms with van der Waals surface area (Å²) in [5, 5.41) is 0. The van der Waals surface area contributed by atoms with Crippen LogP contribution in [0.25, 0.3) is 0 Å². The molecule has 1 aromatic rings. The monoisotopic (exact) mass is 253 g/mol. The first-order chi connectivity index (χ1) is 8.42. The maximum Gasteiger partial charge on any atom is 0.128 e. The molecule has 2 unspecified atom stereocenters. The van der Waals surface area contributed by atoms with E-state index >= 15 is 0 Å². The molecule has 2 rings (SSSR count). The molecule has 1 fully saturated rings. The molecule has 1 aromatic carbocycles. The molecule has 2 N–H and O–H groups in total.